The van der Waals surface area contributed by atoms with Crippen molar-refractivity contribution in [3.05, 3.63) is 35.9 Å². The molecule has 0 radical (unpaired) electrons. The maximum absolute atomic E-state index is 11.8. The molecule has 1 aromatic carbocycles. The predicted molar refractivity (Wildman–Crippen MR) is 62.1 cm³/mol. The number of rotatable bonds is 4. The highest BCUT2D eigenvalue weighted by atomic mass is 32.2. The van der Waals surface area contributed by atoms with Crippen LogP contribution in [0.4, 0.5) is 0 Å². The molecule has 0 aliphatic heterocycles. The summed E-state index contributed by atoms with van der Waals surface area (Å²) in [4.78, 5) is 11.8. The quantitative estimate of drug-likeness (QED) is 0.739. The van der Waals surface area contributed by atoms with Crippen molar-refractivity contribution in [3.8, 4) is 0 Å². The number of carbonyl (C=O) groups excluding carboxylic acids is 1. The summed E-state index contributed by atoms with van der Waals surface area (Å²) in [7, 11) is -1.12. The van der Waals surface area contributed by atoms with Gasteiger partial charge in [0.2, 0.25) is 0 Å². The standard InChI is InChI=1S/C10H12O2S2/c1-13-10(14(2)12)9(11)8-6-4-3-5-7-8/h3-7,10H,1-2H3/t10-,14-/m1/s1. The number of Topliss-reactive ketones (excluding diaryl/α,β-unsaturated/α-hetero) is 1. The first-order chi connectivity index (χ1) is 6.66. The fourth-order valence-corrected chi connectivity index (χ4v) is 3.00. The molecule has 0 amide bonds. The summed E-state index contributed by atoms with van der Waals surface area (Å²) < 4.78 is 10.8. The van der Waals surface area contributed by atoms with Crippen LogP contribution in [0.2, 0.25) is 0 Å². The van der Waals surface area contributed by atoms with Crippen molar-refractivity contribution in [2.75, 3.05) is 12.5 Å². The second-order valence-electron chi connectivity index (χ2n) is 2.80. The molecule has 14 heavy (non-hydrogen) atoms. The molecule has 1 aromatic rings. The molecule has 0 saturated heterocycles. The van der Waals surface area contributed by atoms with Crippen LogP contribution < -0.4 is 0 Å². The first-order valence-corrected chi connectivity index (χ1v) is 7.02. The van der Waals surface area contributed by atoms with Crippen molar-refractivity contribution in [2.24, 2.45) is 0 Å². The van der Waals surface area contributed by atoms with E-state index in [-0.39, 0.29) is 5.78 Å². The van der Waals surface area contributed by atoms with Crippen LogP contribution in [0.25, 0.3) is 0 Å². The van der Waals surface area contributed by atoms with E-state index in [1.54, 1.807) is 24.6 Å². The van der Waals surface area contributed by atoms with Gasteiger partial charge in [0, 0.05) is 22.6 Å². The van der Waals surface area contributed by atoms with E-state index < -0.39 is 15.4 Å². The van der Waals surface area contributed by atoms with Gasteiger partial charge >= 0.3 is 0 Å². The molecule has 0 saturated carbocycles. The van der Waals surface area contributed by atoms with Gasteiger partial charge in [0.15, 0.2) is 5.78 Å². The summed E-state index contributed by atoms with van der Waals surface area (Å²) in [6.45, 7) is 0. The number of carbonyl (C=O) groups is 1. The summed E-state index contributed by atoms with van der Waals surface area (Å²) in [5.41, 5.74) is 0.627. The number of ketones is 1. The Morgan fingerprint density at radius 1 is 1.36 bits per heavy atom. The largest absolute Gasteiger partial charge is 0.292 e. The average Bonchev–Trinajstić information content (AvgIpc) is 2.19. The molecule has 1 rings (SSSR count). The molecule has 2 nitrogen and oxygen atoms in total. The van der Waals surface area contributed by atoms with Gasteiger partial charge in [0.05, 0.1) is 0 Å². The van der Waals surface area contributed by atoms with Gasteiger partial charge in [-0.15, -0.1) is 11.8 Å². The van der Waals surface area contributed by atoms with Crippen molar-refractivity contribution in [1.29, 1.82) is 0 Å². The smallest absolute Gasteiger partial charge is 0.188 e. The zero-order chi connectivity index (χ0) is 10.6. The summed E-state index contributed by atoms with van der Waals surface area (Å²) in [5.74, 6) is -0.0565. The third-order valence-corrected chi connectivity index (χ3v) is 4.64. The molecule has 0 unspecified atom stereocenters. The average molecular weight is 228 g/mol. The topological polar surface area (TPSA) is 34.1 Å². The van der Waals surface area contributed by atoms with Gasteiger partial charge < -0.3 is 0 Å². The third kappa shape index (κ3) is 2.69. The van der Waals surface area contributed by atoms with E-state index in [4.69, 9.17) is 0 Å². The Hall–Kier alpha value is -0.610. The summed E-state index contributed by atoms with van der Waals surface area (Å²) in [5, 5.41) is 0. The lowest BCUT2D eigenvalue weighted by atomic mass is 10.1. The fourth-order valence-electron chi connectivity index (χ4n) is 1.13. The molecule has 0 heterocycles. The number of hydrogen-bond donors (Lipinski definition) is 0. The molecule has 0 aliphatic rings. The third-order valence-electron chi connectivity index (χ3n) is 1.79. The highest BCUT2D eigenvalue weighted by Gasteiger charge is 2.21. The van der Waals surface area contributed by atoms with Gasteiger partial charge in [-0.2, -0.15) is 0 Å². The molecule has 0 N–H and O–H groups in total. The normalized spacial score (nSPS) is 14.7. The zero-order valence-electron chi connectivity index (χ0n) is 8.10. The van der Waals surface area contributed by atoms with Gasteiger partial charge in [-0.05, 0) is 6.26 Å². The van der Waals surface area contributed by atoms with Crippen LogP contribution in [0.1, 0.15) is 10.4 Å². The van der Waals surface area contributed by atoms with Crippen molar-refractivity contribution >= 4 is 28.3 Å². The van der Waals surface area contributed by atoms with Crippen molar-refractivity contribution in [1.82, 2.24) is 0 Å². The molecule has 0 aliphatic carbocycles. The maximum atomic E-state index is 11.8. The van der Waals surface area contributed by atoms with Crippen LogP contribution in [0.15, 0.2) is 30.3 Å². The second kappa shape index (κ2) is 5.32. The summed E-state index contributed by atoms with van der Waals surface area (Å²) in [6.07, 6.45) is 3.36. The van der Waals surface area contributed by atoms with Crippen molar-refractivity contribution < 1.29 is 9.00 Å². The molecule has 2 atom stereocenters. The van der Waals surface area contributed by atoms with Crippen molar-refractivity contribution in [3.63, 3.8) is 0 Å². The van der Waals surface area contributed by atoms with Gasteiger partial charge in [0.1, 0.15) is 4.58 Å². The lowest BCUT2D eigenvalue weighted by Crippen LogP contribution is -2.21. The Bertz CT molecular complexity index is 335. The van der Waals surface area contributed by atoms with Crippen molar-refractivity contribution in [2.45, 2.75) is 4.58 Å². The second-order valence-corrected chi connectivity index (χ2v) is 5.51. The Morgan fingerprint density at radius 2 is 1.93 bits per heavy atom. The molecule has 76 valence electrons. The molecule has 4 heteroatoms. The fraction of sp³-hybridized carbons (Fsp3) is 0.300. The van der Waals surface area contributed by atoms with Crippen LogP contribution >= 0.6 is 11.8 Å². The van der Waals surface area contributed by atoms with Crippen LogP contribution in [0.3, 0.4) is 0 Å². The van der Waals surface area contributed by atoms with E-state index in [0.717, 1.165) is 0 Å². The highest BCUT2D eigenvalue weighted by Crippen LogP contribution is 2.16. The molecule has 0 spiro atoms. The van der Waals surface area contributed by atoms with E-state index in [1.807, 2.05) is 18.2 Å². The lowest BCUT2D eigenvalue weighted by molar-refractivity contribution is 0.101. The first-order valence-electron chi connectivity index (χ1n) is 4.11. The minimum absolute atomic E-state index is 0.0565. The Morgan fingerprint density at radius 3 is 2.36 bits per heavy atom. The predicted octanol–water partition coefficient (Wildman–Crippen LogP) is 1.94. The zero-order valence-corrected chi connectivity index (χ0v) is 9.73. The summed E-state index contributed by atoms with van der Waals surface area (Å²) in [6, 6.07) is 8.97. The van der Waals surface area contributed by atoms with Crippen LogP contribution in [0.5, 0.6) is 0 Å². The first kappa shape index (κ1) is 11.5. The maximum Gasteiger partial charge on any atom is 0.188 e. The van der Waals surface area contributed by atoms with Gasteiger partial charge in [-0.1, -0.05) is 30.3 Å². The minimum Gasteiger partial charge on any atom is -0.292 e. The molecule has 0 fully saturated rings. The number of hydrogen-bond acceptors (Lipinski definition) is 3. The van der Waals surface area contributed by atoms with Gasteiger partial charge in [-0.25, -0.2) is 0 Å². The van der Waals surface area contributed by atoms with E-state index in [0.29, 0.717) is 5.56 Å². The van der Waals surface area contributed by atoms with E-state index >= 15 is 0 Å². The lowest BCUT2D eigenvalue weighted by Gasteiger charge is -2.09. The number of benzene rings is 1. The SMILES string of the molecule is CS[C@@H](C(=O)c1ccccc1)[S@@](C)=O. The van der Waals surface area contributed by atoms with Gasteiger partial charge in [0.25, 0.3) is 0 Å². The van der Waals surface area contributed by atoms with Crippen LogP contribution in [-0.4, -0.2) is 27.1 Å². The van der Waals surface area contributed by atoms with Crippen LogP contribution in [0, 0.1) is 0 Å². The van der Waals surface area contributed by atoms with E-state index in [9.17, 15) is 9.00 Å². The van der Waals surface area contributed by atoms with Gasteiger partial charge in [-0.3, -0.25) is 9.00 Å². The molecule has 0 bridgehead atoms. The monoisotopic (exact) mass is 228 g/mol. The van der Waals surface area contributed by atoms with E-state index in [2.05, 4.69) is 0 Å². The summed E-state index contributed by atoms with van der Waals surface area (Å²) >= 11 is 1.33. The minimum atomic E-state index is -1.12. The molecular formula is C10H12O2S2. The highest BCUT2D eigenvalue weighted by molar-refractivity contribution is 8.11. The Balaban J connectivity index is 2.89. The Kier molecular flexibility index (Phi) is 4.35. The molecule has 0 aromatic heterocycles. The Labute approximate surface area is 90.6 Å². The van der Waals surface area contributed by atoms with E-state index in [1.165, 1.54) is 11.8 Å². The number of thioether (sulfide) groups is 1. The molecular weight excluding hydrogens is 216 g/mol. The van der Waals surface area contributed by atoms with Crippen LogP contribution in [-0.2, 0) is 10.8 Å².